The Morgan fingerprint density at radius 1 is 1.19 bits per heavy atom. The summed E-state index contributed by atoms with van der Waals surface area (Å²) in [6.45, 7) is 4.00. The molecular weight excluding hydrogens is 284 g/mol. The van der Waals surface area contributed by atoms with Crippen LogP contribution in [0.5, 0.6) is 5.75 Å². The molecule has 1 heterocycles. The SMILES string of the molecule is COc1cccc(-n2c(C(C)Cl)nc3cc(C)ccc32)c1. The summed E-state index contributed by atoms with van der Waals surface area (Å²) in [6.07, 6.45) is 0. The van der Waals surface area contributed by atoms with Gasteiger partial charge in [0, 0.05) is 6.07 Å². The first-order chi connectivity index (χ1) is 10.1. The average molecular weight is 301 g/mol. The van der Waals surface area contributed by atoms with E-state index in [1.807, 2.05) is 31.2 Å². The zero-order valence-electron chi connectivity index (χ0n) is 12.3. The lowest BCUT2D eigenvalue weighted by molar-refractivity contribution is 0.414. The third-order valence-electron chi connectivity index (χ3n) is 3.50. The molecule has 1 aromatic heterocycles. The van der Waals surface area contributed by atoms with Crippen molar-refractivity contribution in [1.82, 2.24) is 9.55 Å². The molecule has 0 N–H and O–H groups in total. The molecule has 0 aliphatic heterocycles. The summed E-state index contributed by atoms with van der Waals surface area (Å²) < 4.78 is 7.41. The summed E-state index contributed by atoms with van der Waals surface area (Å²) in [5, 5.41) is -0.177. The molecule has 1 atom stereocenters. The predicted octanol–water partition coefficient (Wildman–Crippen LogP) is 4.64. The van der Waals surface area contributed by atoms with Gasteiger partial charge in [-0.25, -0.2) is 4.98 Å². The van der Waals surface area contributed by atoms with Crippen LogP contribution in [0.4, 0.5) is 0 Å². The maximum Gasteiger partial charge on any atom is 0.132 e. The predicted molar refractivity (Wildman–Crippen MR) is 86.6 cm³/mol. The second-order valence-corrected chi connectivity index (χ2v) is 5.77. The minimum Gasteiger partial charge on any atom is -0.497 e. The maximum atomic E-state index is 6.33. The Hall–Kier alpha value is -2.00. The lowest BCUT2D eigenvalue weighted by atomic mass is 10.2. The largest absolute Gasteiger partial charge is 0.497 e. The van der Waals surface area contributed by atoms with Gasteiger partial charge in [-0.15, -0.1) is 11.6 Å². The molecule has 0 amide bonds. The highest BCUT2D eigenvalue weighted by molar-refractivity contribution is 6.20. The first-order valence-corrected chi connectivity index (χ1v) is 7.31. The first-order valence-electron chi connectivity index (χ1n) is 6.87. The molecule has 0 fully saturated rings. The highest BCUT2D eigenvalue weighted by Gasteiger charge is 2.16. The molecule has 0 radical (unpaired) electrons. The van der Waals surface area contributed by atoms with Crippen LogP contribution in [0.2, 0.25) is 0 Å². The number of benzene rings is 2. The van der Waals surface area contributed by atoms with Crippen molar-refractivity contribution in [3.05, 3.63) is 53.9 Å². The monoisotopic (exact) mass is 300 g/mol. The number of halogens is 1. The van der Waals surface area contributed by atoms with Crippen LogP contribution in [0.3, 0.4) is 0 Å². The van der Waals surface area contributed by atoms with Crippen molar-refractivity contribution < 1.29 is 4.74 Å². The van der Waals surface area contributed by atoms with E-state index in [0.717, 1.165) is 28.3 Å². The summed E-state index contributed by atoms with van der Waals surface area (Å²) in [7, 11) is 1.67. The second kappa shape index (κ2) is 5.41. The van der Waals surface area contributed by atoms with Crippen LogP contribution in [0.15, 0.2) is 42.5 Å². The Morgan fingerprint density at radius 2 is 2.00 bits per heavy atom. The van der Waals surface area contributed by atoms with E-state index in [4.69, 9.17) is 21.3 Å². The van der Waals surface area contributed by atoms with Gasteiger partial charge in [0.2, 0.25) is 0 Å². The Bertz CT molecular complexity index is 793. The van der Waals surface area contributed by atoms with Crippen molar-refractivity contribution in [2.75, 3.05) is 7.11 Å². The van der Waals surface area contributed by atoms with Gasteiger partial charge in [-0.1, -0.05) is 12.1 Å². The van der Waals surface area contributed by atoms with Crippen LogP contribution in [0.1, 0.15) is 23.7 Å². The van der Waals surface area contributed by atoms with Crippen LogP contribution in [-0.4, -0.2) is 16.7 Å². The van der Waals surface area contributed by atoms with Crippen LogP contribution in [0.25, 0.3) is 16.7 Å². The van der Waals surface area contributed by atoms with E-state index >= 15 is 0 Å². The van der Waals surface area contributed by atoms with Gasteiger partial charge in [-0.05, 0) is 43.7 Å². The first kappa shape index (κ1) is 14.0. The van der Waals surface area contributed by atoms with Gasteiger partial charge in [0.05, 0.1) is 29.2 Å². The van der Waals surface area contributed by atoms with E-state index in [1.165, 1.54) is 5.56 Å². The molecule has 0 bridgehead atoms. The van der Waals surface area contributed by atoms with E-state index in [1.54, 1.807) is 7.11 Å². The number of aromatic nitrogens is 2. The maximum absolute atomic E-state index is 6.33. The molecule has 1 unspecified atom stereocenters. The fraction of sp³-hybridized carbons (Fsp3) is 0.235. The van der Waals surface area contributed by atoms with Crippen molar-refractivity contribution in [2.45, 2.75) is 19.2 Å². The quantitative estimate of drug-likeness (QED) is 0.659. The summed E-state index contributed by atoms with van der Waals surface area (Å²) in [4.78, 5) is 4.70. The lowest BCUT2D eigenvalue weighted by Crippen LogP contribution is -2.02. The number of hydrogen-bond donors (Lipinski definition) is 0. The summed E-state index contributed by atoms with van der Waals surface area (Å²) in [6, 6.07) is 14.2. The molecule has 3 aromatic rings. The number of imidazole rings is 1. The Balaban J connectivity index is 2.30. The molecule has 0 saturated heterocycles. The van der Waals surface area contributed by atoms with Crippen molar-refractivity contribution in [3.8, 4) is 11.4 Å². The number of methoxy groups -OCH3 is 1. The molecule has 21 heavy (non-hydrogen) atoms. The van der Waals surface area contributed by atoms with Crippen molar-refractivity contribution in [2.24, 2.45) is 0 Å². The van der Waals surface area contributed by atoms with E-state index in [9.17, 15) is 0 Å². The minimum atomic E-state index is -0.177. The van der Waals surface area contributed by atoms with Gasteiger partial charge < -0.3 is 4.74 Å². The Labute approximate surface area is 129 Å². The molecule has 4 heteroatoms. The number of aryl methyl sites for hydroxylation is 1. The van der Waals surface area contributed by atoms with Crippen molar-refractivity contribution in [1.29, 1.82) is 0 Å². The van der Waals surface area contributed by atoms with E-state index in [-0.39, 0.29) is 5.38 Å². The van der Waals surface area contributed by atoms with Gasteiger partial charge in [-0.2, -0.15) is 0 Å². The average Bonchev–Trinajstić information content (AvgIpc) is 2.86. The summed E-state index contributed by atoms with van der Waals surface area (Å²) >= 11 is 6.33. The fourth-order valence-corrected chi connectivity index (χ4v) is 2.64. The van der Waals surface area contributed by atoms with E-state index < -0.39 is 0 Å². The molecule has 0 aliphatic carbocycles. The Morgan fingerprint density at radius 3 is 2.71 bits per heavy atom. The molecule has 3 rings (SSSR count). The van der Waals surface area contributed by atoms with Gasteiger partial charge >= 0.3 is 0 Å². The highest BCUT2D eigenvalue weighted by Crippen LogP contribution is 2.29. The number of rotatable bonds is 3. The van der Waals surface area contributed by atoms with Gasteiger partial charge in [0.1, 0.15) is 11.6 Å². The van der Waals surface area contributed by atoms with Crippen molar-refractivity contribution >= 4 is 22.6 Å². The third kappa shape index (κ3) is 2.49. The smallest absolute Gasteiger partial charge is 0.132 e. The van der Waals surface area contributed by atoms with Crippen molar-refractivity contribution in [3.63, 3.8) is 0 Å². The van der Waals surface area contributed by atoms with Crippen LogP contribution in [0, 0.1) is 6.92 Å². The minimum absolute atomic E-state index is 0.177. The van der Waals surface area contributed by atoms with Crippen LogP contribution >= 0.6 is 11.6 Å². The third-order valence-corrected chi connectivity index (χ3v) is 3.70. The Kier molecular flexibility index (Phi) is 3.60. The molecule has 0 saturated carbocycles. The second-order valence-electron chi connectivity index (χ2n) is 5.12. The fourth-order valence-electron chi connectivity index (χ4n) is 2.50. The standard InChI is InChI=1S/C17H17ClN2O/c1-11-7-8-16-15(9-11)19-17(12(2)18)20(16)13-5-4-6-14(10-13)21-3/h4-10,12H,1-3H3. The number of ether oxygens (including phenoxy) is 1. The molecule has 0 spiro atoms. The topological polar surface area (TPSA) is 27.1 Å². The van der Waals surface area contributed by atoms with Crippen LogP contribution < -0.4 is 4.74 Å². The highest BCUT2D eigenvalue weighted by atomic mass is 35.5. The van der Waals surface area contributed by atoms with Gasteiger partial charge in [0.25, 0.3) is 0 Å². The summed E-state index contributed by atoms with van der Waals surface area (Å²) in [5.74, 6) is 1.65. The zero-order valence-corrected chi connectivity index (χ0v) is 13.1. The zero-order chi connectivity index (χ0) is 15.0. The van der Waals surface area contributed by atoms with Gasteiger partial charge in [-0.3, -0.25) is 4.57 Å². The normalized spacial score (nSPS) is 12.6. The molecule has 2 aromatic carbocycles. The van der Waals surface area contributed by atoms with Gasteiger partial charge in [0.15, 0.2) is 0 Å². The number of nitrogens with zero attached hydrogens (tertiary/aromatic N) is 2. The number of fused-ring (bicyclic) bond motifs is 1. The van der Waals surface area contributed by atoms with Crippen LogP contribution in [-0.2, 0) is 0 Å². The molecular formula is C17H17ClN2O. The lowest BCUT2D eigenvalue weighted by Gasteiger charge is -2.11. The molecule has 3 nitrogen and oxygen atoms in total. The number of alkyl halides is 1. The number of hydrogen-bond acceptors (Lipinski definition) is 2. The van der Waals surface area contributed by atoms with E-state index in [0.29, 0.717) is 0 Å². The summed E-state index contributed by atoms with van der Waals surface area (Å²) in [5.41, 5.74) is 4.20. The van der Waals surface area contributed by atoms with E-state index in [2.05, 4.69) is 29.7 Å². The molecule has 108 valence electrons. The molecule has 0 aliphatic rings.